The first-order valence-electron chi connectivity index (χ1n) is 7.52. The van der Waals surface area contributed by atoms with Gasteiger partial charge in [0.1, 0.15) is 5.78 Å². The predicted octanol–water partition coefficient (Wildman–Crippen LogP) is 3.44. The molecule has 2 aliphatic rings. The molecule has 1 saturated carbocycles. The van der Waals surface area contributed by atoms with Gasteiger partial charge >= 0.3 is 0 Å². The third-order valence-electron chi connectivity index (χ3n) is 4.79. The largest absolute Gasteiger partial charge is 0.368 e. The minimum absolute atomic E-state index is 0.248. The summed E-state index contributed by atoms with van der Waals surface area (Å²) in [6.07, 6.45) is 4.06. The van der Waals surface area contributed by atoms with Crippen LogP contribution in [0.3, 0.4) is 0 Å². The maximum absolute atomic E-state index is 12.1. The summed E-state index contributed by atoms with van der Waals surface area (Å²) in [4.78, 5) is 14.6. The molecule has 19 heavy (non-hydrogen) atoms. The van der Waals surface area contributed by atoms with Gasteiger partial charge < -0.3 is 4.90 Å². The number of para-hydroxylation sites is 1. The molecule has 3 rings (SSSR count). The van der Waals surface area contributed by atoms with Crippen LogP contribution in [0, 0.1) is 11.8 Å². The summed E-state index contributed by atoms with van der Waals surface area (Å²) in [6.45, 7) is 5.47. The summed E-state index contributed by atoms with van der Waals surface area (Å²) in [6, 6.07) is 9.17. The molecule has 0 radical (unpaired) electrons. The van der Waals surface area contributed by atoms with Crippen LogP contribution in [0.25, 0.3) is 0 Å². The second kappa shape index (κ2) is 4.99. The standard InChI is InChI=1S/C17H23NO/c1-12-7-8-17(19)15(9-12)11-18-13(2)10-14-5-3-4-6-16(14)18/h3-6,12-13,15H,7-11H2,1-2H3. The van der Waals surface area contributed by atoms with Gasteiger partial charge in [0.25, 0.3) is 0 Å². The van der Waals surface area contributed by atoms with E-state index in [1.54, 1.807) is 0 Å². The zero-order valence-corrected chi connectivity index (χ0v) is 11.9. The summed E-state index contributed by atoms with van der Waals surface area (Å²) in [5.74, 6) is 1.43. The van der Waals surface area contributed by atoms with Crippen LogP contribution in [0.4, 0.5) is 5.69 Å². The van der Waals surface area contributed by atoms with E-state index in [4.69, 9.17) is 0 Å². The number of carbonyl (C=O) groups is 1. The Morgan fingerprint density at radius 2 is 2.05 bits per heavy atom. The minimum Gasteiger partial charge on any atom is -0.368 e. The molecule has 1 fully saturated rings. The average Bonchev–Trinajstić information content (AvgIpc) is 2.71. The van der Waals surface area contributed by atoms with Crippen molar-refractivity contribution >= 4 is 11.5 Å². The molecule has 1 aliphatic carbocycles. The van der Waals surface area contributed by atoms with Crippen LogP contribution < -0.4 is 4.90 Å². The third kappa shape index (κ3) is 2.41. The van der Waals surface area contributed by atoms with Crippen LogP contribution in [0.1, 0.15) is 38.7 Å². The molecule has 0 saturated heterocycles. The van der Waals surface area contributed by atoms with Gasteiger partial charge in [0.15, 0.2) is 0 Å². The van der Waals surface area contributed by atoms with Crippen molar-refractivity contribution in [1.29, 1.82) is 0 Å². The average molecular weight is 257 g/mol. The number of anilines is 1. The molecule has 1 heterocycles. The Balaban J connectivity index is 1.77. The lowest BCUT2D eigenvalue weighted by molar-refractivity contribution is -0.125. The first-order chi connectivity index (χ1) is 9.15. The second-order valence-corrected chi connectivity index (χ2v) is 6.38. The first kappa shape index (κ1) is 12.7. The number of Topliss-reactive ketones (excluding diaryl/α,β-unsaturated/α-hetero) is 1. The quantitative estimate of drug-likeness (QED) is 0.809. The van der Waals surface area contributed by atoms with Crippen LogP contribution >= 0.6 is 0 Å². The van der Waals surface area contributed by atoms with Crippen LogP contribution in [0.5, 0.6) is 0 Å². The molecule has 3 atom stereocenters. The Bertz CT molecular complexity index is 482. The van der Waals surface area contributed by atoms with E-state index in [0.717, 1.165) is 32.2 Å². The lowest BCUT2D eigenvalue weighted by atomic mass is 9.81. The van der Waals surface area contributed by atoms with E-state index in [0.29, 0.717) is 17.7 Å². The van der Waals surface area contributed by atoms with E-state index in [1.807, 2.05) is 0 Å². The van der Waals surface area contributed by atoms with Crippen molar-refractivity contribution in [3.8, 4) is 0 Å². The summed E-state index contributed by atoms with van der Waals surface area (Å²) in [5, 5.41) is 0. The van der Waals surface area contributed by atoms with Gasteiger partial charge in [0, 0.05) is 30.6 Å². The Morgan fingerprint density at radius 3 is 2.89 bits per heavy atom. The summed E-state index contributed by atoms with van der Waals surface area (Å²) in [7, 11) is 0. The summed E-state index contributed by atoms with van der Waals surface area (Å²) >= 11 is 0. The molecule has 0 N–H and O–H groups in total. The summed E-state index contributed by atoms with van der Waals surface area (Å²) in [5.41, 5.74) is 2.78. The van der Waals surface area contributed by atoms with Crippen LogP contribution in [0.2, 0.25) is 0 Å². The van der Waals surface area contributed by atoms with Crippen LogP contribution in [-0.4, -0.2) is 18.4 Å². The maximum atomic E-state index is 12.1. The number of rotatable bonds is 2. The fraction of sp³-hybridized carbons (Fsp3) is 0.588. The molecule has 1 aromatic rings. The zero-order valence-electron chi connectivity index (χ0n) is 11.9. The minimum atomic E-state index is 0.248. The van der Waals surface area contributed by atoms with Crippen molar-refractivity contribution in [2.24, 2.45) is 11.8 Å². The van der Waals surface area contributed by atoms with E-state index in [1.165, 1.54) is 11.3 Å². The number of fused-ring (bicyclic) bond motifs is 1. The normalized spacial score (nSPS) is 30.5. The molecule has 1 aliphatic heterocycles. The SMILES string of the molecule is CC1CCC(=O)C(CN2c3ccccc3CC2C)C1. The fourth-order valence-electron chi connectivity index (χ4n) is 3.65. The molecule has 1 aromatic carbocycles. The lowest BCUT2D eigenvalue weighted by Gasteiger charge is -2.32. The number of benzene rings is 1. The molecular formula is C17H23NO. The monoisotopic (exact) mass is 257 g/mol. The predicted molar refractivity (Wildman–Crippen MR) is 78.5 cm³/mol. The number of hydrogen-bond acceptors (Lipinski definition) is 2. The van der Waals surface area contributed by atoms with Gasteiger partial charge in [-0.15, -0.1) is 0 Å². The molecular weight excluding hydrogens is 234 g/mol. The Kier molecular flexibility index (Phi) is 3.34. The van der Waals surface area contributed by atoms with Crippen molar-refractivity contribution < 1.29 is 4.79 Å². The smallest absolute Gasteiger partial charge is 0.137 e. The van der Waals surface area contributed by atoms with Gasteiger partial charge in [-0.1, -0.05) is 25.1 Å². The Morgan fingerprint density at radius 1 is 1.26 bits per heavy atom. The van der Waals surface area contributed by atoms with Crippen molar-refractivity contribution in [1.82, 2.24) is 0 Å². The first-order valence-corrected chi connectivity index (χ1v) is 7.52. The zero-order chi connectivity index (χ0) is 13.4. The van der Waals surface area contributed by atoms with Crippen LogP contribution in [-0.2, 0) is 11.2 Å². The number of hydrogen-bond donors (Lipinski definition) is 0. The molecule has 2 heteroatoms. The highest BCUT2D eigenvalue weighted by atomic mass is 16.1. The fourth-order valence-corrected chi connectivity index (χ4v) is 3.65. The van der Waals surface area contributed by atoms with Gasteiger partial charge in [-0.25, -0.2) is 0 Å². The van der Waals surface area contributed by atoms with Crippen LogP contribution in [0.15, 0.2) is 24.3 Å². The molecule has 3 unspecified atom stereocenters. The lowest BCUT2D eigenvalue weighted by Crippen LogP contribution is -2.39. The molecule has 0 amide bonds. The van der Waals surface area contributed by atoms with E-state index in [-0.39, 0.29) is 5.92 Å². The maximum Gasteiger partial charge on any atom is 0.137 e. The van der Waals surface area contributed by atoms with Gasteiger partial charge in [0.05, 0.1) is 0 Å². The third-order valence-corrected chi connectivity index (χ3v) is 4.79. The van der Waals surface area contributed by atoms with E-state index in [9.17, 15) is 4.79 Å². The van der Waals surface area contributed by atoms with Crippen molar-refractivity contribution in [3.05, 3.63) is 29.8 Å². The van der Waals surface area contributed by atoms with Crippen molar-refractivity contribution in [3.63, 3.8) is 0 Å². The van der Waals surface area contributed by atoms with Gasteiger partial charge in [-0.3, -0.25) is 4.79 Å². The van der Waals surface area contributed by atoms with E-state index >= 15 is 0 Å². The topological polar surface area (TPSA) is 20.3 Å². The van der Waals surface area contributed by atoms with E-state index < -0.39 is 0 Å². The number of nitrogens with zero attached hydrogens (tertiary/aromatic N) is 1. The molecule has 102 valence electrons. The van der Waals surface area contributed by atoms with Crippen molar-refractivity contribution in [2.45, 2.75) is 45.6 Å². The molecule has 0 bridgehead atoms. The van der Waals surface area contributed by atoms with Gasteiger partial charge in [-0.2, -0.15) is 0 Å². The number of ketones is 1. The highest BCUT2D eigenvalue weighted by Gasteiger charge is 2.32. The highest BCUT2D eigenvalue weighted by molar-refractivity contribution is 5.82. The Hall–Kier alpha value is -1.31. The Labute approximate surface area is 115 Å². The molecule has 0 spiro atoms. The second-order valence-electron chi connectivity index (χ2n) is 6.38. The van der Waals surface area contributed by atoms with Crippen molar-refractivity contribution in [2.75, 3.05) is 11.4 Å². The number of carbonyl (C=O) groups excluding carboxylic acids is 1. The molecule has 2 nitrogen and oxygen atoms in total. The van der Waals surface area contributed by atoms with Gasteiger partial charge in [-0.05, 0) is 43.7 Å². The van der Waals surface area contributed by atoms with Gasteiger partial charge in [0.2, 0.25) is 0 Å². The van der Waals surface area contributed by atoms with E-state index in [2.05, 4.69) is 43.0 Å². The summed E-state index contributed by atoms with van der Waals surface area (Å²) < 4.78 is 0. The molecule has 0 aromatic heterocycles. The highest BCUT2D eigenvalue weighted by Crippen LogP contribution is 2.35.